The van der Waals surface area contributed by atoms with E-state index in [1.54, 1.807) is 0 Å². The third-order valence-electron chi connectivity index (χ3n) is 4.06. The molecule has 1 saturated heterocycles. The van der Waals surface area contributed by atoms with Crippen LogP contribution >= 0.6 is 0 Å². The molecule has 0 aromatic heterocycles. The molecule has 1 rings (SSSR count). The van der Waals surface area contributed by atoms with E-state index in [2.05, 4.69) is 53.0 Å². The number of nitrogens with zero attached hydrogens (tertiary/aromatic N) is 1. The minimum absolute atomic E-state index is 0.348. The van der Waals surface area contributed by atoms with Crippen molar-refractivity contribution in [3.63, 3.8) is 0 Å². The fourth-order valence-corrected chi connectivity index (χ4v) is 3.03. The fourth-order valence-electron chi connectivity index (χ4n) is 3.03. The van der Waals surface area contributed by atoms with Crippen LogP contribution in [0.15, 0.2) is 12.3 Å². The van der Waals surface area contributed by atoms with Gasteiger partial charge in [-0.15, -0.1) is 0 Å². The summed E-state index contributed by atoms with van der Waals surface area (Å²) in [5.74, 6) is 0. The molecule has 0 amide bonds. The van der Waals surface area contributed by atoms with E-state index < -0.39 is 0 Å². The second kappa shape index (κ2) is 5.04. The monoisotopic (exact) mass is 237 g/mol. The van der Waals surface area contributed by atoms with Crippen LogP contribution in [-0.2, 0) is 0 Å². The zero-order valence-corrected chi connectivity index (χ0v) is 12.8. The lowest BCUT2D eigenvalue weighted by molar-refractivity contribution is 0.0741. The summed E-state index contributed by atoms with van der Waals surface area (Å²) < 4.78 is 0. The first-order chi connectivity index (χ1) is 7.67. The molecule has 1 aliphatic rings. The molecule has 0 saturated carbocycles. The molecule has 1 unspecified atom stereocenters. The van der Waals surface area contributed by atoms with Crippen LogP contribution in [0.2, 0.25) is 0 Å². The third-order valence-corrected chi connectivity index (χ3v) is 4.06. The topological polar surface area (TPSA) is 3.24 Å². The van der Waals surface area contributed by atoms with Crippen molar-refractivity contribution in [2.45, 2.75) is 73.3 Å². The molecule has 1 atom stereocenters. The van der Waals surface area contributed by atoms with E-state index in [1.165, 1.54) is 31.5 Å². The van der Waals surface area contributed by atoms with Crippen LogP contribution < -0.4 is 0 Å². The van der Waals surface area contributed by atoms with Crippen LogP contribution in [0.4, 0.5) is 0 Å². The highest BCUT2D eigenvalue weighted by Gasteiger charge is 2.35. The van der Waals surface area contributed by atoms with Crippen molar-refractivity contribution < 1.29 is 0 Å². The SMILES string of the molecule is C=C1CC(C)(C)CCN1C(CCC)C(C)(C)C. The predicted molar refractivity (Wildman–Crippen MR) is 77.0 cm³/mol. The Morgan fingerprint density at radius 2 is 1.94 bits per heavy atom. The van der Waals surface area contributed by atoms with Crippen molar-refractivity contribution in [2.75, 3.05) is 6.54 Å². The molecule has 1 heteroatoms. The Hall–Kier alpha value is -0.460. The zero-order chi connectivity index (χ0) is 13.3. The first-order valence-corrected chi connectivity index (χ1v) is 7.12. The highest BCUT2D eigenvalue weighted by Crippen LogP contribution is 2.40. The Morgan fingerprint density at radius 1 is 1.35 bits per heavy atom. The van der Waals surface area contributed by atoms with Gasteiger partial charge in [-0.2, -0.15) is 0 Å². The van der Waals surface area contributed by atoms with E-state index in [4.69, 9.17) is 0 Å². The van der Waals surface area contributed by atoms with Gasteiger partial charge in [-0.25, -0.2) is 0 Å². The molecule has 0 aliphatic carbocycles. The average Bonchev–Trinajstić information content (AvgIpc) is 2.12. The molecular weight excluding hydrogens is 206 g/mol. The molecule has 0 radical (unpaired) electrons. The Kier molecular flexibility index (Phi) is 4.33. The molecule has 0 spiro atoms. The second-order valence-electron chi connectivity index (χ2n) is 7.52. The van der Waals surface area contributed by atoms with Gasteiger partial charge in [0.05, 0.1) is 0 Å². The maximum absolute atomic E-state index is 4.33. The molecule has 0 aromatic rings. The number of likely N-dealkylation sites (tertiary alicyclic amines) is 1. The Morgan fingerprint density at radius 3 is 2.35 bits per heavy atom. The van der Waals surface area contributed by atoms with E-state index in [0.717, 1.165) is 6.42 Å². The molecule has 0 aromatic carbocycles. The van der Waals surface area contributed by atoms with Crippen LogP contribution in [0.5, 0.6) is 0 Å². The standard InChI is InChI=1S/C16H31N/c1-8-9-14(15(3,4)5)17-11-10-16(6,7)12-13(17)2/h14H,2,8-12H2,1,3-7H3. The van der Waals surface area contributed by atoms with Crippen molar-refractivity contribution >= 4 is 0 Å². The second-order valence-corrected chi connectivity index (χ2v) is 7.52. The van der Waals surface area contributed by atoms with Crippen molar-refractivity contribution in [1.82, 2.24) is 4.90 Å². The van der Waals surface area contributed by atoms with Gasteiger partial charge in [-0.05, 0) is 30.1 Å². The summed E-state index contributed by atoms with van der Waals surface area (Å²) in [6.07, 6.45) is 4.99. The molecule has 1 aliphatic heterocycles. The molecule has 0 bridgehead atoms. The third kappa shape index (κ3) is 3.76. The van der Waals surface area contributed by atoms with Gasteiger partial charge in [0.2, 0.25) is 0 Å². The Bertz CT molecular complexity index is 270. The summed E-state index contributed by atoms with van der Waals surface area (Å²) in [6.45, 7) is 19.6. The summed E-state index contributed by atoms with van der Waals surface area (Å²) in [5, 5.41) is 0. The predicted octanol–water partition coefficient (Wildman–Crippen LogP) is 4.84. The Labute approximate surface area is 108 Å². The highest BCUT2D eigenvalue weighted by molar-refractivity contribution is 5.06. The van der Waals surface area contributed by atoms with Gasteiger partial charge in [0.25, 0.3) is 0 Å². The van der Waals surface area contributed by atoms with Crippen LogP contribution in [-0.4, -0.2) is 17.5 Å². The number of piperidine rings is 1. The van der Waals surface area contributed by atoms with Crippen LogP contribution in [0.25, 0.3) is 0 Å². The van der Waals surface area contributed by atoms with Gasteiger partial charge in [0, 0.05) is 18.3 Å². The zero-order valence-electron chi connectivity index (χ0n) is 12.8. The average molecular weight is 237 g/mol. The smallest absolute Gasteiger partial charge is 0.0334 e. The number of rotatable bonds is 3. The summed E-state index contributed by atoms with van der Waals surface area (Å²) in [7, 11) is 0. The maximum atomic E-state index is 4.33. The lowest BCUT2D eigenvalue weighted by Gasteiger charge is -2.48. The maximum Gasteiger partial charge on any atom is 0.0334 e. The molecular formula is C16H31N. The van der Waals surface area contributed by atoms with Crippen molar-refractivity contribution in [1.29, 1.82) is 0 Å². The lowest BCUT2D eigenvalue weighted by Crippen LogP contribution is -2.47. The quantitative estimate of drug-likeness (QED) is 0.679. The summed E-state index contributed by atoms with van der Waals surface area (Å²) >= 11 is 0. The number of hydrogen-bond acceptors (Lipinski definition) is 1. The number of allylic oxidation sites excluding steroid dienone is 1. The van der Waals surface area contributed by atoms with Crippen molar-refractivity contribution in [3.05, 3.63) is 12.3 Å². The van der Waals surface area contributed by atoms with E-state index in [0.29, 0.717) is 16.9 Å². The van der Waals surface area contributed by atoms with E-state index >= 15 is 0 Å². The summed E-state index contributed by atoms with van der Waals surface area (Å²) in [5.41, 5.74) is 2.15. The normalized spacial score (nSPS) is 22.7. The molecule has 0 N–H and O–H groups in total. The van der Waals surface area contributed by atoms with Gasteiger partial charge in [0.1, 0.15) is 0 Å². The minimum atomic E-state index is 0.348. The minimum Gasteiger partial charge on any atom is -0.372 e. The fraction of sp³-hybridized carbons (Fsp3) is 0.875. The highest BCUT2D eigenvalue weighted by atomic mass is 15.2. The van der Waals surface area contributed by atoms with Gasteiger partial charge in [-0.1, -0.05) is 54.5 Å². The van der Waals surface area contributed by atoms with Crippen LogP contribution in [0.1, 0.15) is 67.2 Å². The number of hydrogen-bond donors (Lipinski definition) is 0. The first-order valence-electron chi connectivity index (χ1n) is 7.12. The van der Waals surface area contributed by atoms with Crippen molar-refractivity contribution in [2.24, 2.45) is 10.8 Å². The Balaban J connectivity index is 2.80. The van der Waals surface area contributed by atoms with Crippen LogP contribution in [0, 0.1) is 10.8 Å². The summed E-state index contributed by atoms with van der Waals surface area (Å²) in [4.78, 5) is 2.59. The van der Waals surface area contributed by atoms with E-state index in [1.807, 2.05) is 0 Å². The van der Waals surface area contributed by atoms with E-state index in [-0.39, 0.29) is 0 Å². The van der Waals surface area contributed by atoms with Crippen molar-refractivity contribution in [3.8, 4) is 0 Å². The first kappa shape index (κ1) is 14.6. The summed E-state index contributed by atoms with van der Waals surface area (Å²) in [6, 6.07) is 0.649. The molecule has 17 heavy (non-hydrogen) atoms. The van der Waals surface area contributed by atoms with Gasteiger partial charge < -0.3 is 4.90 Å². The molecule has 1 fully saturated rings. The molecule has 1 heterocycles. The lowest BCUT2D eigenvalue weighted by atomic mass is 9.77. The molecule has 100 valence electrons. The molecule has 1 nitrogen and oxygen atoms in total. The van der Waals surface area contributed by atoms with Crippen LogP contribution in [0.3, 0.4) is 0 Å². The van der Waals surface area contributed by atoms with Gasteiger partial charge >= 0.3 is 0 Å². The van der Waals surface area contributed by atoms with E-state index in [9.17, 15) is 0 Å². The van der Waals surface area contributed by atoms with Gasteiger partial charge in [-0.3, -0.25) is 0 Å². The largest absolute Gasteiger partial charge is 0.372 e. The van der Waals surface area contributed by atoms with Gasteiger partial charge in [0.15, 0.2) is 0 Å².